The van der Waals surface area contributed by atoms with Crippen molar-refractivity contribution in [2.24, 2.45) is 5.92 Å². The zero-order valence-corrected chi connectivity index (χ0v) is 18.9. The predicted octanol–water partition coefficient (Wildman–Crippen LogP) is 4.31. The average molecular weight is 429 g/mol. The van der Waals surface area contributed by atoms with Gasteiger partial charge in [0.15, 0.2) is 0 Å². The Kier molecular flexibility index (Phi) is 7.28. The van der Waals surface area contributed by atoms with E-state index in [4.69, 9.17) is 9.47 Å². The van der Waals surface area contributed by atoms with Gasteiger partial charge >= 0.3 is 0 Å². The summed E-state index contributed by atoms with van der Waals surface area (Å²) in [4.78, 5) is 30.1. The molecule has 0 aromatic heterocycles. The van der Waals surface area contributed by atoms with Crippen LogP contribution in [0.5, 0.6) is 0 Å². The lowest BCUT2D eigenvalue weighted by molar-refractivity contribution is -0.127. The maximum atomic E-state index is 13.3. The van der Waals surface area contributed by atoms with Crippen LogP contribution in [0.2, 0.25) is 0 Å². The van der Waals surface area contributed by atoms with Gasteiger partial charge in [-0.05, 0) is 43.7 Å². The van der Waals surface area contributed by atoms with Gasteiger partial charge in [0, 0.05) is 6.54 Å². The molecule has 2 aliphatic carbocycles. The fourth-order valence-corrected chi connectivity index (χ4v) is 5.14. The normalized spacial score (nSPS) is 22.4. The van der Waals surface area contributed by atoms with Crippen LogP contribution in [-0.4, -0.2) is 49.8 Å². The minimum absolute atomic E-state index is 0.0210. The lowest BCUT2D eigenvalue weighted by Crippen LogP contribution is -2.56. The Morgan fingerprint density at radius 1 is 0.871 bits per heavy atom. The highest BCUT2D eigenvalue weighted by Gasteiger charge is 2.38. The zero-order valence-electron chi connectivity index (χ0n) is 18.9. The largest absolute Gasteiger partial charge is 0.368 e. The van der Waals surface area contributed by atoms with Crippen LogP contribution in [0.15, 0.2) is 24.3 Å². The molecule has 0 spiro atoms. The summed E-state index contributed by atoms with van der Waals surface area (Å²) in [5.41, 5.74) is 1.58. The number of carbonyl (C=O) groups is 2. The van der Waals surface area contributed by atoms with Crippen LogP contribution >= 0.6 is 0 Å². The van der Waals surface area contributed by atoms with Crippen molar-refractivity contribution < 1.29 is 19.1 Å². The lowest BCUT2D eigenvalue weighted by Gasteiger charge is -2.44. The number of ether oxygens (including phenoxy) is 2. The topological polar surface area (TPSA) is 59.1 Å². The molecule has 1 aromatic carbocycles. The minimum atomic E-state index is -0.0926. The average Bonchev–Trinajstić information content (AvgIpc) is 3.48. The molecule has 4 rings (SSSR count). The van der Waals surface area contributed by atoms with E-state index >= 15 is 0 Å². The van der Waals surface area contributed by atoms with Crippen LogP contribution in [0.4, 0.5) is 11.4 Å². The van der Waals surface area contributed by atoms with Crippen molar-refractivity contribution in [3.05, 3.63) is 24.3 Å². The summed E-state index contributed by atoms with van der Waals surface area (Å²) in [6.07, 6.45) is 9.30. The molecule has 0 radical (unpaired) electrons. The van der Waals surface area contributed by atoms with Crippen molar-refractivity contribution in [3.63, 3.8) is 0 Å². The van der Waals surface area contributed by atoms with Gasteiger partial charge in [-0.1, -0.05) is 51.7 Å². The van der Waals surface area contributed by atoms with Crippen molar-refractivity contribution in [2.45, 2.75) is 83.5 Å². The molecule has 1 aliphatic heterocycles. The van der Waals surface area contributed by atoms with Gasteiger partial charge in [-0.25, -0.2) is 0 Å². The van der Waals surface area contributed by atoms with Crippen molar-refractivity contribution in [2.75, 3.05) is 29.6 Å². The third-order valence-corrected chi connectivity index (χ3v) is 6.96. The van der Waals surface area contributed by atoms with E-state index in [1.807, 2.05) is 34.1 Å². The second-order valence-electron chi connectivity index (χ2n) is 9.50. The van der Waals surface area contributed by atoms with Gasteiger partial charge in [-0.3, -0.25) is 9.59 Å². The van der Waals surface area contributed by atoms with Crippen LogP contribution in [-0.2, 0) is 19.1 Å². The second kappa shape index (κ2) is 10.1. The summed E-state index contributed by atoms with van der Waals surface area (Å²) in [6.45, 7) is 4.89. The van der Waals surface area contributed by atoms with Crippen molar-refractivity contribution in [1.82, 2.24) is 0 Å². The molecular formula is C25H36N2O4. The molecule has 0 N–H and O–H groups in total. The first-order chi connectivity index (χ1) is 15.0. The molecule has 3 aliphatic rings. The first-order valence-corrected chi connectivity index (χ1v) is 12.0. The molecule has 2 saturated carbocycles. The first kappa shape index (κ1) is 22.3. The van der Waals surface area contributed by atoms with Gasteiger partial charge in [0.25, 0.3) is 11.8 Å². The van der Waals surface area contributed by atoms with Crippen LogP contribution in [0, 0.1) is 5.92 Å². The fraction of sp³-hybridized carbons (Fsp3) is 0.680. The van der Waals surface area contributed by atoms with Gasteiger partial charge < -0.3 is 19.3 Å². The summed E-state index contributed by atoms with van der Waals surface area (Å²) in [6, 6.07) is 7.62. The second-order valence-corrected chi connectivity index (χ2v) is 9.50. The molecule has 0 bridgehead atoms. The van der Waals surface area contributed by atoms with Crippen molar-refractivity contribution in [1.29, 1.82) is 0 Å². The highest BCUT2D eigenvalue weighted by molar-refractivity contribution is 6.05. The van der Waals surface area contributed by atoms with Crippen LogP contribution in [0.25, 0.3) is 0 Å². The number of fused-ring (bicyclic) bond motifs is 1. The predicted molar refractivity (Wildman–Crippen MR) is 121 cm³/mol. The first-order valence-electron chi connectivity index (χ1n) is 12.0. The molecule has 2 fully saturated rings. The van der Waals surface area contributed by atoms with Crippen LogP contribution in [0.1, 0.15) is 65.2 Å². The highest BCUT2D eigenvalue weighted by atomic mass is 16.5. The minimum Gasteiger partial charge on any atom is -0.368 e. The van der Waals surface area contributed by atoms with E-state index in [0.717, 1.165) is 37.1 Å². The highest BCUT2D eigenvalue weighted by Crippen LogP contribution is 2.38. The van der Waals surface area contributed by atoms with Crippen LogP contribution < -0.4 is 9.80 Å². The monoisotopic (exact) mass is 428 g/mol. The molecule has 2 amide bonds. The maximum Gasteiger partial charge on any atom is 0.253 e. The lowest BCUT2D eigenvalue weighted by atomic mass is 9.96. The van der Waals surface area contributed by atoms with Gasteiger partial charge in [-0.15, -0.1) is 0 Å². The zero-order chi connectivity index (χ0) is 21.8. The molecule has 0 unspecified atom stereocenters. The number of carbonyl (C=O) groups excluding carboxylic acids is 2. The van der Waals surface area contributed by atoms with E-state index in [1.54, 1.807) is 0 Å². The SMILES string of the molecule is CC(C)[C@H]1CN(C(=O)COC2CCCC2)c2ccccc2N1C(=O)COC1CCCC1. The van der Waals surface area contributed by atoms with Crippen molar-refractivity contribution in [3.8, 4) is 0 Å². The van der Waals surface area contributed by atoms with Gasteiger partial charge in [0.1, 0.15) is 13.2 Å². The molecule has 1 aromatic rings. The molecule has 1 atom stereocenters. The maximum absolute atomic E-state index is 13.3. The number of hydrogen-bond acceptors (Lipinski definition) is 4. The van der Waals surface area contributed by atoms with E-state index < -0.39 is 0 Å². The number of nitrogens with zero attached hydrogens (tertiary/aromatic N) is 2. The molecule has 31 heavy (non-hydrogen) atoms. The Balaban J connectivity index is 1.51. The third kappa shape index (κ3) is 5.12. The number of benzene rings is 1. The fourth-order valence-electron chi connectivity index (χ4n) is 5.14. The van der Waals surface area contributed by atoms with Gasteiger partial charge in [-0.2, -0.15) is 0 Å². The van der Waals surface area contributed by atoms with Gasteiger partial charge in [0.05, 0.1) is 29.6 Å². The van der Waals surface area contributed by atoms with Crippen molar-refractivity contribution >= 4 is 23.2 Å². The Morgan fingerprint density at radius 3 is 1.94 bits per heavy atom. The summed E-state index contributed by atoms with van der Waals surface area (Å²) in [5.74, 6) is 0.154. The summed E-state index contributed by atoms with van der Waals surface area (Å²) in [7, 11) is 0. The van der Waals surface area contributed by atoms with E-state index in [1.165, 1.54) is 25.7 Å². The summed E-state index contributed by atoms with van der Waals surface area (Å²) in [5, 5.41) is 0. The molecule has 0 saturated heterocycles. The van der Waals surface area contributed by atoms with Crippen LogP contribution in [0.3, 0.4) is 0 Å². The number of rotatable bonds is 7. The molecule has 6 nitrogen and oxygen atoms in total. The Bertz CT molecular complexity index is 769. The Labute approximate surface area is 185 Å². The van der Waals surface area contributed by atoms with E-state index in [0.29, 0.717) is 6.54 Å². The Hall–Kier alpha value is -1.92. The molecule has 170 valence electrons. The van der Waals surface area contributed by atoms with Gasteiger partial charge in [0.2, 0.25) is 0 Å². The molecule has 1 heterocycles. The standard InChI is InChI=1S/C25H36N2O4/c1-18(2)23-15-26(24(28)16-30-19-9-3-4-10-19)21-13-7-8-14-22(21)27(23)25(29)17-31-20-11-5-6-12-20/h7-8,13-14,18-20,23H,3-6,9-12,15-17H2,1-2H3/t23-/m1/s1. The number of hydrogen-bond donors (Lipinski definition) is 0. The third-order valence-electron chi connectivity index (χ3n) is 6.96. The number of para-hydroxylation sites is 2. The van der Waals surface area contributed by atoms with E-state index in [-0.39, 0.29) is 49.2 Å². The van der Waals surface area contributed by atoms with E-state index in [2.05, 4.69) is 13.8 Å². The van der Waals surface area contributed by atoms with E-state index in [9.17, 15) is 9.59 Å². The summed E-state index contributed by atoms with van der Waals surface area (Å²) < 4.78 is 11.8. The quantitative estimate of drug-likeness (QED) is 0.649. The molecule has 6 heteroatoms. The summed E-state index contributed by atoms with van der Waals surface area (Å²) >= 11 is 0. The number of amides is 2. The number of anilines is 2. The smallest absolute Gasteiger partial charge is 0.253 e. The molecular weight excluding hydrogens is 392 g/mol. The Morgan fingerprint density at radius 2 is 1.39 bits per heavy atom.